The van der Waals surface area contributed by atoms with Crippen molar-refractivity contribution in [1.82, 2.24) is 9.78 Å². The first-order valence-corrected chi connectivity index (χ1v) is 10.2. The van der Waals surface area contributed by atoms with Crippen LogP contribution in [0.3, 0.4) is 0 Å². The van der Waals surface area contributed by atoms with E-state index in [0.29, 0.717) is 18.0 Å². The van der Waals surface area contributed by atoms with Gasteiger partial charge in [-0.05, 0) is 49.7 Å². The number of rotatable bonds is 7. The van der Waals surface area contributed by atoms with Gasteiger partial charge in [-0.1, -0.05) is 12.1 Å². The van der Waals surface area contributed by atoms with Crippen molar-refractivity contribution in [2.75, 3.05) is 18.9 Å². The molecule has 1 heterocycles. The largest absolute Gasteiger partial charge is 0.497 e. The highest BCUT2D eigenvalue weighted by Crippen LogP contribution is 2.30. The van der Waals surface area contributed by atoms with Crippen LogP contribution in [0.1, 0.15) is 17.0 Å². The van der Waals surface area contributed by atoms with E-state index in [1.165, 1.54) is 26.4 Å². The fourth-order valence-corrected chi connectivity index (χ4v) is 4.15. The molecule has 3 rings (SSSR count). The molecule has 7 nitrogen and oxygen atoms in total. The highest BCUT2D eigenvalue weighted by atomic mass is 32.2. The summed E-state index contributed by atoms with van der Waals surface area (Å²) in [5, 5.41) is 4.45. The zero-order valence-corrected chi connectivity index (χ0v) is 17.1. The van der Waals surface area contributed by atoms with Crippen LogP contribution < -0.4 is 14.2 Å². The minimum absolute atomic E-state index is 0.0414. The van der Waals surface area contributed by atoms with E-state index in [1.807, 2.05) is 36.7 Å². The molecule has 0 radical (unpaired) electrons. The average Bonchev–Trinajstić information content (AvgIpc) is 2.97. The molecule has 8 heteroatoms. The third-order valence-electron chi connectivity index (χ3n) is 4.28. The van der Waals surface area contributed by atoms with Crippen LogP contribution in [0.25, 0.3) is 0 Å². The summed E-state index contributed by atoms with van der Waals surface area (Å²) in [7, 11) is -0.899. The second-order valence-corrected chi connectivity index (χ2v) is 8.06. The van der Waals surface area contributed by atoms with E-state index in [9.17, 15) is 8.42 Å². The highest BCUT2D eigenvalue weighted by molar-refractivity contribution is 7.92. The lowest BCUT2D eigenvalue weighted by molar-refractivity contribution is 0.386. The van der Waals surface area contributed by atoms with E-state index >= 15 is 0 Å². The molecule has 0 atom stereocenters. The molecular weight excluding hydrogens is 378 g/mol. The first kappa shape index (κ1) is 19.8. The molecular formula is C20H23N3O4S. The maximum Gasteiger partial charge on any atom is 0.265 e. The van der Waals surface area contributed by atoms with Gasteiger partial charge >= 0.3 is 0 Å². The minimum Gasteiger partial charge on any atom is -0.497 e. The van der Waals surface area contributed by atoms with Crippen molar-refractivity contribution in [3.63, 3.8) is 0 Å². The van der Waals surface area contributed by atoms with Gasteiger partial charge in [0.2, 0.25) is 0 Å². The fourth-order valence-electron chi connectivity index (χ4n) is 2.95. The maximum atomic E-state index is 12.9. The van der Waals surface area contributed by atoms with Crippen molar-refractivity contribution in [2.24, 2.45) is 0 Å². The Morgan fingerprint density at radius 1 is 1.04 bits per heavy atom. The predicted octanol–water partition coefficient (Wildman–Crippen LogP) is 3.37. The predicted molar refractivity (Wildman–Crippen MR) is 108 cm³/mol. The van der Waals surface area contributed by atoms with E-state index in [0.717, 1.165) is 17.0 Å². The summed E-state index contributed by atoms with van der Waals surface area (Å²) >= 11 is 0. The number of aryl methyl sites for hydroxylation is 2. The lowest BCUT2D eigenvalue weighted by Gasteiger charge is -2.13. The third-order valence-corrected chi connectivity index (χ3v) is 5.70. The zero-order valence-electron chi connectivity index (χ0n) is 16.3. The molecule has 0 aliphatic heterocycles. The summed E-state index contributed by atoms with van der Waals surface area (Å²) in [5.74, 6) is 0.730. The molecule has 2 aromatic carbocycles. The van der Waals surface area contributed by atoms with E-state index in [4.69, 9.17) is 9.47 Å². The number of methoxy groups -OCH3 is 2. The van der Waals surface area contributed by atoms with Gasteiger partial charge in [0, 0.05) is 17.4 Å². The van der Waals surface area contributed by atoms with Crippen molar-refractivity contribution < 1.29 is 17.9 Å². The maximum absolute atomic E-state index is 12.9. The average molecular weight is 401 g/mol. The SMILES string of the molecule is COc1ccc(S(=O)(=O)Nc2cccc(Cn3nc(C)cc3C)c2)c(OC)c1. The van der Waals surface area contributed by atoms with Gasteiger partial charge in [-0.3, -0.25) is 9.40 Å². The minimum atomic E-state index is -3.83. The Labute approximate surface area is 165 Å². The van der Waals surface area contributed by atoms with Gasteiger partial charge in [-0.15, -0.1) is 0 Å². The number of benzene rings is 2. The van der Waals surface area contributed by atoms with Crippen molar-refractivity contribution in [3.05, 3.63) is 65.5 Å². The van der Waals surface area contributed by atoms with E-state index < -0.39 is 10.0 Å². The Morgan fingerprint density at radius 3 is 2.46 bits per heavy atom. The van der Waals surface area contributed by atoms with Gasteiger partial charge in [0.05, 0.1) is 26.5 Å². The normalized spacial score (nSPS) is 11.3. The Hall–Kier alpha value is -3.00. The van der Waals surface area contributed by atoms with Crippen molar-refractivity contribution in [2.45, 2.75) is 25.3 Å². The topological polar surface area (TPSA) is 82.5 Å². The van der Waals surface area contributed by atoms with E-state index in [-0.39, 0.29) is 10.6 Å². The molecule has 0 saturated heterocycles. The molecule has 0 fully saturated rings. The Bertz CT molecular complexity index is 1090. The number of anilines is 1. The molecule has 0 bridgehead atoms. The molecule has 0 aliphatic carbocycles. The Morgan fingerprint density at radius 2 is 1.82 bits per heavy atom. The van der Waals surface area contributed by atoms with Crippen LogP contribution >= 0.6 is 0 Å². The van der Waals surface area contributed by atoms with Crippen LogP contribution in [-0.2, 0) is 16.6 Å². The molecule has 0 unspecified atom stereocenters. The molecule has 1 N–H and O–H groups in total. The Balaban J connectivity index is 1.86. The number of aromatic nitrogens is 2. The van der Waals surface area contributed by atoms with Crippen molar-refractivity contribution in [3.8, 4) is 11.5 Å². The summed E-state index contributed by atoms with van der Waals surface area (Å²) in [4.78, 5) is 0.0414. The van der Waals surface area contributed by atoms with Gasteiger partial charge < -0.3 is 9.47 Å². The first-order valence-electron chi connectivity index (χ1n) is 8.67. The van der Waals surface area contributed by atoms with Crippen molar-refractivity contribution >= 4 is 15.7 Å². The van der Waals surface area contributed by atoms with Crippen LogP contribution in [-0.4, -0.2) is 32.4 Å². The van der Waals surface area contributed by atoms with Crippen LogP contribution in [0.4, 0.5) is 5.69 Å². The standard InChI is InChI=1S/C20H23N3O4S/c1-14-10-15(2)23(21-14)13-16-6-5-7-17(11-16)22-28(24,25)20-9-8-18(26-3)12-19(20)27-4/h5-12,22H,13H2,1-4H3. The number of sulfonamides is 1. The molecule has 28 heavy (non-hydrogen) atoms. The van der Waals surface area contributed by atoms with Gasteiger partial charge in [0.25, 0.3) is 10.0 Å². The molecule has 0 aliphatic rings. The summed E-state index contributed by atoms with van der Waals surface area (Å²) in [5.41, 5.74) is 3.40. The number of ether oxygens (including phenoxy) is 2. The third kappa shape index (κ3) is 4.28. The molecule has 3 aromatic rings. The Kier molecular flexibility index (Phi) is 5.60. The highest BCUT2D eigenvalue weighted by Gasteiger charge is 2.20. The summed E-state index contributed by atoms with van der Waals surface area (Å²) < 4.78 is 40.6. The molecule has 0 saturated carbocycles. The molecule has 0 amide bonds. The van der Waals surface area contributed by atoms with Crippen molar-refractivity contribution in [1.29, 1.82) is 0 Å². The first-order chi connectivity index (χ1) is 13.3. The van der Waals surface area contributed by atoms with E-state index in [2.05, 4.69) is 9.82 Å². The smallest absolute Gasteiger partial charge is 0.265 e. The molecule has 148 valence electrons. The number of nitrogens with zero attached hydrogens (tertiary/aromatic N) is 2. The van der Waals surface area contributed by atoms with E-state index in [1.54, 1.807) is 18.2 Å². The lowest BCUT2D eigenvalue weighted by atomic mass is 10.2. The quantitative estimate of drug-likeness (QED) is 0.656. The molecule has 1 aromatic heterocycles. The lowest BCUT2D eigenvalue weighted by Crippen LogP contribution is -2.14. The van der Waals surface area contributed by atoms with Gasteiger partial charge in [0.1, 0.15) is 16.4 Å². The summed E-state index contributed by atoms with van der Waals surface area (Å²) in [6, 6.07) is 13.8. The van der Waals surface area contributed by atoms with Gasteiger partial charge in [0.15, 0.2) is 0 Å². The van der Waals surface area contributed by atoms with Crippen LogP contribution in [0.5, 0.6) is 11.5 Å². The monoisotopic (exact) mass is 401 g/mol. The molecule has 0 spiro atoms. The second kappa shape index (κ2) is 7.93. The second-order valence-electron chi connectivity index (χ2n) is 6.41. The summed E-state index contributed by atoms with van der Waals surface area (Å²) in [6.07, 6.45) is 0. The van der Waals surface area contributed by atoms with Crippen LogP contribution in [0, 0.1) is 13.8 Å². The fraction of sp³-hybridized carbons (Fsp3) is 0.250. The van der Waals surface area contributed by atoms with Crippen LogP contribution in [0.2, 0.25) is 0 Å². The number of nitrogens with one attached hydrogen (secondary N) is 1. The van der Waals surface area contributed by atoms with Gasteiger partial charge in [-0.2, -0.15) is 5.10 Å². The number of hydrogen-bond donors (Lipinski definition) is 1. The zero-order chi connectivity index (χ0) is 20.3. The van der Waals surface area contributed by atoms with Crippen LogP contribution in [0.15, 0.2) is 53.4 Å². The van der Waals surface area contributed by atoms with Gasteiger partial charge in [-0.25, -0.2) is 8.42 Å². The number of hydrogen-bond acceptors (Lipinski definition) is 5. The summed E-state index contributed by atoms with van der Waals surface area (Å²) in [6.45, 7) is 4.49.